The molecule has 1 aliphatic carbocycles. The maximum atomic E-state index is 12.4. The van der Waals surface area contributed by atoms with Crippen LogP contribution in [0.25, 0.3) is 16.5 Å². The van der Waals surface area contributed by atoms with Crippen molar-refractivity contribution in [2.75, 3.05) is 17.5 Å². The molecule has 2 aromatic rings. The number of sulfonamides is 1. The molecule has 0 atom stereocenters. The van der Waals surface area contributed by atoms with E-state index in [1.54, 1.807) is 26.1 Å². The molecular formula is C17H19BrN2O4S. The highest BCUT2D eigenvalue weighted by Crippen LogP contribution is 2.39. The van der Waals surface area contributed by atoms with Crippen LogP contribution in [0.15, 0.2) is 27.1 Å². The molecule has 8 heteroatoms. The Balaban J connectivity index is 2.19. The van der Waals surface area contributed by atoms with Gasteiger partial charge in [0.1, 0.15) is 11.3 Å². The van der Waals surface area contributed by atoms with Crippen molar-refractivity contribution in [3.8, 4) is 0 Å². The largest absolute Gasteiger partial charge is 0.455 e. The van der Waals surface area contributed by atoms with Crippen LogP contribution in [0.1, 0.15) is 42.3 Å². The van der Waals surface area contributed by atoms with Gasteiger partial charge >= 0.3 is 0 Å². The maximum absolute atomic E-state index is 12.4. The molecule has 0 radical (unpaired) electrons. The number of anilines is 1. The lowest BCUT2D eigenvalue weighted by atomic mass is 10.0. The van der Waals surface area contributed by atoms with Crippen LogP contribution < -0.4 is 10.0 Å². The Morgan fingerprint density at radius 1 is 1.36 bits per heavy atom. The number of nitrogens with one attached hydrogen (secondary N) is 2. The number of benzene rings is 1. The molecule has 1 amide bonds. The van der Waals surface area contributed by atoms with Crippen molar-refractivity contribution >= 4 is 54.1 Å². The minimum absolute atomic E-state index is 0.0305. The van der Waals surface area contributed by atoms with Gasteiger partial charge in [0.05, 0.1) is 17.0 Å². The van der Waals surface area contributed by atoms with Gasteiger partial charge in [-0.1, -0.05) is 6.08 Å². The summed E-state index contributed by atoms with van der Waals surface area (Å²) in [5.41, 5.74) is 2.36. The van der Waals surface area contributed by atoms with Crippen molar-refractivity contribution in [1.82, 2.24) is 5.32 Å². The highest BCUT2D eigenvalue weighted by Gasteiger charge is 2.25. The molecule has 134 valence electrons. The normalized spacial score (nSPS) is 14.6. The Morgan fingerprint density at radius 2 is 2.12 bits per heavy atom. The van der Waals surface area contributed by atoms with E-state index in [-0.39, 0.29) is 11.7 Å². The number of carbonyl (C=O) groups is 1. The smallest absolute Gasteiger partial charge is 0.255 e. The van der Waals surface area contributed by atoms with Gasteiger partial charge in [0.25, 0.3) is 5.91 Å². The third kappa shape index (κ3) is 3.46. The van der Waals surface area contributed by atoms with Crippen LogP contribution in [0.3, 0.4) is 0 Å². The Kier molecular flexibility index (Phi) is 4.92. The standard InChI is InChI=1S/C17H19BrN2O4S/c1-3-25(22,23)20-13-9-14-11(8-12(13)18)15(17(21)19-2)16(24-14)10-6-4-5-7-10/h6,8-9,20H,3-5,7H2,1-2H3,(H,19,21). The molecule has 6 nitrogen and oxygen atoms in total. The van der Waals surface area contributed by atoms with Crippen molar-refractivity contribution in [2.45, 2.75) is 26.2 Å². The minimum atomic E-state index is -3.42. The van der Waals surface area contributed by atoms with Gasteiger partial charge in [0.15, 0.2) is 0 Å². The van der Waals surface area contributed by atoms with Gasteiger partial charge in [-0.25, -0.2) is 8.42 Å². The average molecular weight is 427 g/mol. The van der Waals surface area contributed by atoms with E-state index < -0.39 is 10.0 Å². The first-order valence-corrected chi connectivity index (χ1v) is 10.5. The number of fused-ring (bicyclic) bond motifs is 1. The topological polar surface area (TPSA) is 88.4 Å². The van der Waals surface area contributed by atoms with Crippen molar-refractivity contribution in [2.24, 2.45) is 0 Å². The van der Waals surface area contributed by atoms with E-state index in [0.717, 1.165) is 24.8 Å². The fraction of sp³-hybridized carbons (Fsp3) is 0.353. The number of rotatable bonds is 5. The average Bonchev–Trinajstić information content (AvgIpc) is 3.21. The SMILES string of the molecule is CCS(=O)(=O)Nc1cc2oc(C3=CCCC3)c(C(=O)NC)c2cc1Br. The van der Waals surface area contributed by atoms with E-state index in [1.807, 2.05) is 0 Å². The molecule has 1 aliphatic rings. The zero-order valence-corrected chi connectivity index (χ0v) is 16.4. The second-order valence-electron chi connectivity index (χ2n) is 5.84. The summed E-state index contributed by atoms with van der Waals surface area (Å²) in [6.07, 6.45) is 4.94. The molecule has 0 spiro atoms. The van der Waals surface area contributed by atoms with Gasteiger partial charge in [0, 0.05) is 23.0 Å². The first-order valence-electron chi connectivity index (χ1n) is 8.04. The molecule has 0 aliphatic heterocycles. The minimum Gasteiger partial charge on any atom is -0.455 e. The van der Waals surface area contributed by atoms with E-state index in [9.17, 15) is 13.2 Å². The van der Waals surface area contributed by atoms with Crippen LogP contribution in [0.4, 0.5) is 5.69 Å². The van der Waals surface area contributed by atoms with Crippen molar-refractivity contribution in [1.29, 1.82) is 0 Å². The Morgan fingerprint density at radius 3 is 2.72 bits per heavy atom. The summed E-state index contributed by atoms with van der Waals surface area (Å²) in [5, 5.41) is 3.30. The summed E-state index contributed by atoms with van der Waals surface area (Å²) in [7, 11) is -1.84. The van der Waals surface area contributed by atoms with Gasteiger partial charge in [-0.3, -0.25) is 9.52 Å². The molecule has 25 heavy (non-hydrogen) atoms. The van der Waals surface area contributed by atoms with Gasteiger partial charge < -0.3 is 9.73 Å². The second-order valence-corrected chi connectivity index (χ2v) is 8.71. The predicted molar refractivity (Wildman–Crippen MR) is 102 cm³/mol. The van der Waals surface area contributed by atoms with Crippen molar-refractivity contribution in [3.05, 3.63) is 34.0 Å². The van der Waals surface area contributed by atoms with E-state index in [2.05, 4.69) is 32.0 Å². The van der Waals surface area contributed by atoms with Gasteiger partial charge in [-0.05, 0) is 53.8 Å². The lowest BCUT2D eigenvalue weighted by molar-refractivity contribution is 0.0963. The summed E-state index contributed by atoms with van der Waals surface area (Å²) < 4.78 is 32.8. The highest BCUT2D eigenvalue weighted by atomic mass is 79.9. The molecule has 2 N–H and O–H groups in total. The predicted octanol–water partition coefficient (Wildman–Crippen LogP) is 3.88. The van der Waals surface area contributed by atoms with Gasteiger partial charge in [0.2, 0.25) is 10.0 Å². The third-order valence-electron chi connectivity index (χ3n) is 4.21. The monoisotopic (exact) mass is 426 g/mol. The highest BCUT2D eigenvalue weighted by molar-refractivity contribution is 9.10. The summed E-state index contributed by atoms with van der Waals surface area (Å²) in [4.78, 5) is 12.4. The number of carbonyl (C=O) groups excluding carboxylic acids is 1. The molecule has 0 saturated heterocycles. The fourth-order valence-corrected chi connectivity index (χ4v) is 4.11. The summed E-state index contributed by atoms with van der Waals surface area (Å²) in [5.74, 6) is 0.307. The summed E-state index contributed by atoms with van der Waals surface area (Å²) in [6.45, 7) is 1.57. The van der Waals surface area contributed by atoms with Crippen LogP contribution in [0.5, 0.6) is 0 Å². The zero-order valence-electron chi connectivity index (χ0n) is 14.0. The lowest BCUT2D eigenvalue weighted by Gasteiger charge is -2.08. The fourth-order valence-electron chi connectivity index (χ4n) is 2.89. The van der Waals surface area contributed by atoms with E-state index >= 15 is 0 Å². The number of hydrogen-bond acceptors (Lipinski definition) is 4. The summed E-state index contributed by atoms with van der Waals surface area (Å²) in [6, 6.07) is 3.33. The Hall–Kier alpha value is -1.80. The quantitative estimate of drug-likeness (QED) is 0.758. The van der Waals surface area contributed by atoms with E-state index in [1.165, 1.54) is 0 Å². The number of allylic oxidation sites excluding steroid dienone is 2. The maximum Gasteiger partial charge on any atom is 0.255 e. The first kappa shape index (κ1) is 18.0. The molecule has 1 aromatic carbocycles. The first-order chi connectivity index (χ1) is 11.9. The van der Waals surface area contributed by atoms with Gasteiger partial charge in [-0.2, -0.15) is 0 Å². The van der Waals surface area contributed by atoms with Crippen molar-refractivity contribution in [3.63, 3.8) is 0 Å². The number of halogens is 1. The summed E-state index contributed by atoms with van der Waals surface area (Å²) >= 11 is 3.38. The van der Waals surface area contributed by atoms with Crippen molar-refractivity contribution < 1.29 is 17.6 Å². The number of hydrogen-bond donors (Lipinski definition) is 2. The second kappa shape index (κ2) is 6.84. The van der Waals surface area contributed by atoms with Gasteiger partial charge in [-0.15, -0.1) is 0 Å². The van der Waals surface area contributed by atoms with E-state index in [0.29, 0.717) is 32.5 Å². The molecule has 0 unspecified atom stereocenters. The molecule has 0 bridgehead atoms. The lowest BCUT2D eigenvalue weighted by Crippen LogP contribution is -2.18. The molecule has 1 aromatic heterocycles. The molecule has 0 fully saturated rings. The number of furan rings is 1. The molecular weight excluding hydrogens is 408 g/mol. The third-order valence-corrected chi connectivity index (χ3v) is 6.16. The molecule has 0 saturated carbocycles. The van der Waals surface area contributed by atoms with Crippen LogP contribution in [0, 0.1) is 0 Å². The Labute approximate surface area is 154 Å². The zero-order chi connectivity index (χ0) is 18.2. The Bertz CT molecular complexity index is 976. The molecule has 3 rings (SSSR count). The van der Waals surface area contributed by atoms with Crippen LogP contribution in [-0.2, 0) is 10.0 Å². The van der Waals surface area contributed by atoms with E-state index in [4.69, 9.17) is 4.42 Å². The van der Waals surface area contributed by atoms with Crippen LogP contribution >= 0.6 is 15.9 Å². The van der Waals surface area contributed by atoms with Crippen LogP contribution in [0.2, 0.25) is 0 Å². The molecule has 1 heterocycles. The number of amides is 1. The van der Waals surface area contributed by atoms with Crippen LogP contribution in [-0.4, -0.2) is 27.1 Å².